The molecule has 0 aliphatic heterocycles. The number of fused-ring (bicyclic) bond motifs is 1. The van der Waals surface area contributed by atoms with Crippen molar-refractivity contribution >= 4 is 28.4 Å². The molecule has 0 radical (unpaired) electrons. The molecule has 5 nitrogen and oxygen atoms in total. The summed E-state index contributed by atoms with van der Waals surface area (Å²) in [5.41, 5.74) is 1.03. The van der Waals surface area contributed by atoms with Gasteiger partial charge in [0.2, 0.25) is 11.8 Å². The summed E-state index contributed by atoms with van der Waals surface area (Å²) in [7, 11) is 0. The number of nitrogens with zero attached hydrogens (tertiary/aromatic N) is 1. The van der Waals surface area contributed by atoms with Gasteiger partial charge in [-0.3, -0.25) is 19.0 Å². The summed E-state index contributed by atoms with van der Waals surface area (Å²) in [4.78, 5) is 36.1. The fourth-order valence-corrected chi connectivity index (χ4v) is 2.93. The first kappa shape index (κ1) is 17.9. The third-order valence-corrected chi connectivity index (χ3v) is 4.20. The summed E-state index contributed by atoms with van der Waals surface area (Å²) in [6.07, 6.45) is 4.14. The van der Waals surface area contributed by atoms with Crippen LogP contribution in [0.15, 0.2) is 18.2 Å². The summed E-state index contributed by atoms with van der Waals surface area (Å²) in [6.45, 7) is 4.86. The molecule has 0 aliphatic rings. The molecule has 1 aromatic carbocycles. The Morgan fingerprint density at radius 2 is 1.79 bits per heavy atom. The smallest absolute Gasteiger partial charge is 0.230 e. The summed E-state index contributed by atoms with van der Waals surface area (Å²) >= 11 is 0. The van der Waals surface area contributed by atoms with Crippen molar-refractivity contribution in [3.63, 3.8) is 0 Å². The molecule has 1 heterocycles. The molecule has 0 bridgehead atoms. The topological polar surface area (TPSA) is 76.4 Å². The summed E-state index contributed by atoms with van der Waals surface area (Å²) in [5, 5.41) is 10.9. The number of carbonyl (C=O) groups is 3. The molecule has 0 saturated carbocycles. The van der Waals surface area contributed by atoms with E-state index in [2.05, 4.69) is 6.92 Å². The second kappa shape index (κ2) is 7.43. The summed E-state index contributed by atoms with van der Waals surface area (Å²) in [5.74, 6) is -1.04. The maximum absolute atomic E-state index is 12.6. The lowest BCUT2D eigenvalue weighted by molar-refractivity contribution is 0.0931. The van der Waals surface area contributed by atoms with E-state index >= 15 is 0 Å². The van der Waals surface area contributed by atoms with Crippen LogP contribution in [0.1, 0.15) is 78.4 Å². The first-order valence-electron chi connectivity index (χ1n) is 8.31. The average Bonchev–Trinajstić information content (AvgIpc) is 2.82. The molecule has 1 aromatic heterocycles. The Kier molecular flexibility index (Phi) is 5.54. The molecule has 0 atom stereocenters. The quantitative estimate of drug-likeness (QED) is 0.605. The van der Waals surface area contributed by atoms with E-state index in [0.717, 1.165) is 30.3 Å². The van der Waals surface area contributed by atoms with Gasteiger partial charge in [-0.2, -0.15) is 0 Å². The first-order chi connectivity index (χ1) is 11.4. The second-order valence-corrected chi connectivity index (χ2v) is 6.07. The number of Topliss-reactive ketones (excluding diaryl/α,β-unsaturated/α-hetero) is 2. The second-order valence-electron chi connectivity index (χ2n) is 6.07. The van der Waals surface area contributed by atoms with Crippen LogP contribution in [-0.2, 0) is 0 Å². The molecule has 128 valence electrons. The molecule has 5 heteroatoms. The predicted molar refractivity (Wildman–Crippen MR) is 93.0 cm³/mol. The normalized spacial score (nSPS) is 11.0. The van der Waals surface area contributed by atoms with Gasteiger partial charge in [-0.25, -0.2) is 0 Å². The van der Waals surface area contributed by atoms with Gasteiger partial charge in [0.05, 0.1) is 11.1 Å². The fourth-order valence-electron chi connectivity index (χ4n) is 2.93. The molecule has 0 amide bonds. The molecule has 0 saturated heterocycles. The van der Waals surface area contributed by atoms with Crippen LogP contribution in [0, 0.1) is 0 Å². The summed E-state index contributed by atoms with van der Waals surface area (Å²) in [6, 6.07) is 4.77. The number of unbranched alkanes of at least 4 members (excludes halogenated alkanes) is 3. The van der Waals surface area contributed by atoms with Gasteiger partial charge >= 0.3 is 0 Å². The van der Waals surface area contributed by atoms with Gasteiger partial charge in [0.15, 0.2) is 11.6 Å². The minimum absolute atomic E-state index is 0.131. The van der Waals surface area contributed by atoms with E-state index in [1.54, 1.807) is 18.2 Å². The van der Waals surface area contributed by atoms with Crippen LogP contribution in [-0.4, -0.2) is 27.1 Å². The highest BCUT2D eigenvalue weighted by molar-refractivity contribution is 6.14. The van der Waals surface area contributed by atoms with Gasteiger partial charge in [0.1, 0.15) is 0 Å². The Bertz CT molecular complexity index is 801. The van der Waals surface area contributed by atoms with Crippen LogP contribution in [0.25, 0.3) is 10.9 Å². The third kappa shape index (κ3) is 3.40. The first-order valence-corrected chi connectivity index (χ1v) is 8.31. The standard InChI is InChI=1S/C19H23NO4/c1-4-5-6-7-8-17(23)18-15-11-14(12(2)21)9-10-16(15)20(13(3)22)19(18)24/h9-11,24H,4-8H2,1-3H3. The third-order valence-electron chi connectivity index (χ3n) is 4.20. The molecule has 0 fully saturated rings. The van der Waals surface area contributed by atoms with E-state index < -0.39 is 0 Å². The van der Waals surface area contributed by atoms with Crippen molar-refractivity contribution in [3.05, 3.63) is 29.3 Å². The zero-order chi connectivity index (χ0) is 17.9. The van der Waals surface area contributed by atoms with Gasteiger partial charge in [0.25, 0.3) is 0 Å². The lowest BCUT2D eigenvalue weighted by atomic mass is 10.0. The number of hydrogen-bond donors (Lipinski definition) is 1. The minimum Gasteiger partial charge on any atom is -0.494 e. The number of aromatic nitrogens is 1. The Morgan fingerprint density at radius 3 is 2.38 bits per heavy atom. The van der Waals surface area contributed by atoms with Gasteiger partial charge in [-0.1, -0.05) is 26.2 Å². The molecule has 24 heavy (non-hydrogen) atoms. The van der Waals surface area contributed by atoms with E-state index in [9.17, 15) is 19.5 Å². The van der Waals surface area contributed by atoms with Crippen LogP contribution < -0.4 is 0 Å². The Balaban J connectivity index is 2.52. The Morgan fingerprint density at radius 1 is 1.08 bits per heavy atom. The van der Waals surface area contributed by atoms with Crippen molar-refractivity contribution in [1.29, 1.82) is 0 Å². The monoisotopic (exact) mass is 329 g/mol. The molecule has 2 aromatic rings. The van der Waals surface area contributed by atoms with Gasteiger partial charge in [0, 0.05) is 24.3 Å². The molecular weight excluding hydrogens is 306 g/mol. The van der Waals surface area contributed by atoms with Crippen molar-refractivity contribution in [2.75, 3.05) is 0 Å². The minimum atomic E-state index is -0.377. The average molecular weight is 329 g/mol. The molecule has 2 rings (SSSR count). The lowest BCUT2D eigenvalue weighted by Crippen LogP contribution is -2.05. The number of aromatic hydroxyl groups is 1. The number of carbonyl (C=O) groups excluding carboxylic acids is 3. The highest BCUT2D eigenvalue weighted by Gasteiger charge is 2.24. The van der Waals surface area contributed by atoms with Gasteiger partial charge in [-0.05, 0) is 31.5 Å². The van der Waals surface area contributed by atoms with Crippen LogP contribution in [0.4, 0.5) is 0 Å². The van der Waals surface area contributed by atoms with Crippen LogP contribution in [0.3, 0.4) is 0 Å². The van der Waals surface area contributed by atoms with E-state index in [-0.39, 0.29) is 28.9 Å². The van der Waals surface area contributed by atoms with Crippen molar-refractivity contribution in [2.24, 2.45) is 0 Å². The van der Waals surface area contributed by atoms with Gasteiger partial charge in [-0.15, -0.1) is 0 Å². The molecule has 0 spiro atoms. The SMILES string of the molecule is CCCCCCC(=O)c1c(O)n(C(C)=O)c2ccc(C(C)=O)cc12. The van der Waals surface area contributed by atoms with Crippen LogP contribution in [0.2, 0.25) is 0 Å². The van der Waals surface area contributed by atoms with E-state index in [0.29, 0.717) is 22.9 Å². The lowest BCUT2D eigenvalue weighted by Gasteiger charge is -2.02. The maximum Gasteiger partial charge on any atom is 0.230 e. The number of hydrogen-bond acceptors (Lipinski definition) is 4. The number of rotatable bonds is 7. The van der Waals surface area contributed by atoms with Crippen LogP contribution in [0.5, 0.6) is 5.88 Å². The largest absolute Gasteiger partial charge is 0.494 e. The summed E-state index contributed by atoms with van der Waals surface area (Å²) < 4.78 is 1.12. The van der Waals surface area contributed by atoms with Crippen molar-refractivity contribution in [3.8, 4) is 5.88 Å². The Labute approximate surface area is 141 Å². The van der Waals surface area contributed by atoms with Gasteiger partial charge < -0.3 is 5.11 Å². The predicted octanol–water partition coefficient (Wildman–Crippen LogP) is 4.36. The van der Waals surface area contributed by atoms with Crippen LogP contribution >= 0.6 is 0 Å². The van der Waals surface area contributed by atoms with E-state index in [1.165, 1.54) is 13.8 Å². The Hall–Kier alpha value is -2.43. The van der Waals surface area contributed by atoms with E-state index in [1.807, 2.05) is 0 Å². The number of ketones is 2. The van der Waals surface area contributed by atoms with Crippen molar-refractivity contribution in [1.82, 2.24) is 4.57 Å². The van der Waals surface area contributed by atoms with Crippen molar-refractivity contribution in [2.45, 2.75) is 52.9 Å². The molecule has 0 unspecified atom stereocenters. The van der Waals surface area contributed by atoms with Crippen molar-refractivity contribution < 1.29 is 19.5 Å². The van der Waals surface area contributed by atoms with E-state index in [4.69, 9.17) is 0 Å². The molecule has 1 N–H and O–H groups in total. The number of benzene rings is 1. The highest BCUT2D eigenvalue weighted by Crippen LogP contribution is 2.33. The fraction of sp³-hybridized carbons (Fsp3) is 0.421. The zero-order valence-electron chi connectivity index (χ0n) is 14.4. The molecule has 0 aliphatic carbocycles. The zero-order valence-corrected chi connectivity index (χ0v) is 14.4. The molecular formula is C19H23NO4. The highest BCUT2D eigenvalue weighted by atomic mass is 16.3. The maximum atomic E-state index is 12.6.